The molecule has 3 aromatic rings. The van der Waals surface area contributed by atoms with Gasteiger partial charge in [-0.1, -0.05) is 6.07 Å². The van der Waals surface area contributed by atoms with Gasteiger partial charge in [-0.05, 0) is 37.3 Å². The van der Waals surface area contributed by atoms with Crippen LogP contribution in [0.2, 0.25) is 0 Å². The van der Waals surface area contributed by atoms with Crippen molar-refractivity contribution in [2.75, 3.05) is 23.8 Å². The van der Waals surface area contributed by atoms with Crippen LogP contribution in [0, 0.1) is 6.92 Å². The average Bonchev–Trinajstić information content (AvgIpc) is 2.62. The zero-order chi connectivity index (χ0) is 16.4. The van der Waals surface area contributed by atoms with Crippen LogP contribution in [0.5, 0.6) is 5.75 Å². The Morgan fingerprint density at radius 1 is 1.08 bits per heavy atom. The smallest absolute Gasteiger partial charge is 0.185 e. The summed E-state index contributed by atoms with van der Waals surface area (Å²) in [6.07, 6.45) is 3.50. The fraction of sp³-hybridized carbons (Fsp3) is 0.167. The van der Waals surface area contributed by atoms with Crippen molar-refractivity contribution in [3.05, 3.63) is 54.5 Å². The molecule has 0 saturated heterocycles. The number of hydrogen-bond donors (Lipinski definition) is 2. The van der Waals surface area contributed by atoms with Crippen molar-refractivity contribution in [2.24, 2.45) is 0 Å². The van der Waals surface area contributed by atoms with E-state index in [4.69, 9.17) is 4.74 Å². The first-order valence-electron chi connectivity index (χ1n) is 7.82. The minimum Gasteiger partial charge on any atom is -0.486 e. The first kappa shape index (κ1) is 14.4. The van der Waals surface area contributed by atoms with E-state index < -0.39 is 0 Å². The van der Waals surface area contributed by atoms with Gasteiger partial charge >= 0.3 is 0 Å². The molecule has 0 aromatic carbocycles. The second-order valence-corrected chi connectivity index (χ2v) is 5.53. The highest BCUT2D eigenvalue weighted by Gasteiger charge is 2.19. The molecule has 0 spiro atoms. The fourth-order valence-electron chi connectivity index (χ4n) is 2.62. The lowest BCUT2D eigenvalue weighted by molar-refractivity contribution is 0.323. The Labute approximate surface area is 140 Å². The molecular formula is C18H17N5O. The standard InChI is InChI=1S/C18H17N5O/c1-12-3-2-4-14(21-12)15-11-16(22-13-5-7-19-8-6-13)17-18(23-15)20-9-10-24-17/h2-8,11H,9-10H2,1H3,(H2,19,20,22,23). The lowest BCUT2D eigenvalue weighted by Gasteiger charge is -2.22. The summed E-state index contributed by atoms with van der Waals surface area (Å²) in [5.41, 5.74) is 4.39. The van der Waals surface area contributed by atoms with E-state index in [1.54, 1.807) is 12.4 Å². The Kier molecular flexibility index (Phi) is 3.70. The summed E-state index contributed by atoms with van der Waals surface area (Å²) in [5.74, 6) is 1.47. The molecule has 0 amide bonds. The average molecular weight is 319 g/mol. The molecular weight excluding hydrogens is 302 g/mol. The summed E-state index contributed by atoms with van der Waals surface area (Å²) >= 11 is 0. The SMILES string of the molecule is Cc1cccc(-c2cc(Nc3ccncc3)c3c(n2)NCCO3)n1. The molecule has 1 aliphatic rings. The van der Waals surface area contributed by atoms with E-state index in [0.29, 0.717) is 6.61 Å². The number of aryl methyl sites for hydroxylation is 1. The maximum atomic E-state index is 5.82. The molecule has 0 unspecified atom stereocenters. The van der Waals surface area contributed by atoms with Crippen LogP contribution in [0.15, 0.2) is 48.8 Å². The number of ether oxygens (including phenoxy) is 1. The van der Waals surface area contributed by atoms with E-state index in [1.807, 2.05) is 43.3 Å². The van der Waals surface area contributed by atoms with Crippen LogP contribution in [0.1, 0.15) is 5.69 Å². The second-order valence-electron chi connectivity index (χ2n) is 5.53. The van der Waals surface area contributed by atoms with Crippen molar-refractivity contribution in [1.82, 2.24) is 15.0 Å². The summed E-state index contributed by atoms with van der Waals surface area (Å²) in [6.45, 7) is 3.32. The van der Waals surface area contributed by atoms with Crippen molar-refractivity contribution < 1.29 is 4.74 Å². The molecule has 1 aliphatic heterocycles. The van der Waals surface area contributed by atoms with E-state index in [0.717, 1.165) is 46.6 Å². The van der Waals surface area contributed by atoms with Gasteiger partial charge in [0, 0.05) is 23.8 Å². The topological polar surface area (TPSA) is 72.0 Å². The molecule has 0 aliphatic carbocycles. The summed E-state index contributed by atoms with van der Waals surface area (Å²) in [7, 11) is 0. The molecule has 2 N–H and O–H groups in total. The third-order valence-corrected chi connectivity index (χ3v) is 3.72. The van der Waals surface area contributed by atoms with Crippen LogP contribution in [-0.2, 0) is 0 Å². The lowest BCUT2D eigenvalue weighted by atomic mass is 10.2. The predicted octanol–water partition coefficient (Wildman–Crippen LogP) is 3.39. The van der Waals surface area contributed by atoms with Crippen LogP contribution in [0.4, 0.5) is 17.2 Å². The van der Waals surface area contributed by atoms with E-state index in [1.165, 1.54) is 0 Å². The first-order chi connectivity index (χ1) is 11.8. The van der Waals surface area contributed by atoms with Gasteiger partial charge in [0.25, 0.3) is 0 Å². The number of anilines is 3. The minimum absolute atomic E-state index is 0.613. The van der Waals surface area contributed by atoms with Gasteiger partial charge in [0.15, 0.2) is 11.6 Å². The molecule has 24 heavy (non-hydrogen) atoms. The zero-order valence-corrected chi connectivity index (χ0v) is 13.3. The molecule has 120 valence electrons. The Morgan fingerprint density at radius 3 is 2.79 bits per heavy atom. The maximum absolute atomic E-state index is 5.82. The van der Waals surface area contributed by atoms with Gasteiger partial charge in [-0.15, -0.1) is 0 Å². The van der Waals surface area contributed by atoms with Crippen LogP contribution < -0.4 is 15.4 Å². The number of nitrogens with one attached hydrogen (secondary N) is 2. The normalized spacial score (nSPS) is 12.7. The highest BCUT2D eigenvalue weighted by atomic mass is 16.5. The second kappa shape index (κ2) is 6.16. The minimum atomic E-state index is 0.613. The summed E-state index contributed by atoms with van der Waals surface area (Å²) in [5, 5.41) is 6.68. The van der Waals surface area contributed by atoms with E-state index in [2.05, 4.69) is 25.6 Å². The van der Waals surface area contributed by atoms with Crippen molar-refractivity contribution in [3.8, 4) is 17.1 Å². The van der Waals surface area contributed by atoms with Gasteiger partial charge in [-0.3, -0.25) is 9.97 Å². The quantitative estimate of drug-likeness (QED) is 0.771. The molecule has 0 bridgehead atoms. The highest BCUT2D eigenvalue weighted by molar-refractivity contribution is 5.78. The number of rotatable bonds is 3. The molecule has 0 saturated carbocycles. The highest BCUT2D eigenvalue weighted by Crippen LogP contribution is 2.38. The molecule has 4 rings (SSSR count). The van der Waals surface area contributed by atoms with E-state index >= 15 is 0 Å². The van der Waals surface area contributed by atoms with Crippen LogP contribution in [0.25, 0.3) is 11.4 Å². The van der Waals surface area contributed by atoms with E-state index in [-0.39, 0.29) is 0 Å². The molecule has 0 fully saturated rings. The zero-order valence-electron chi connectivity index (χ0n) is 13.3. The van der Waals surface area contributed by atoms with Crippen molar-refractivity contribution in [1.29, 1.82) is 0 Å². The van der Waals surface area contributed by atoms with Gasteiger partial charge in [0.2, 0.25) is 0 Å². The van der Waals surface area contributed by atoms with Gasteiger partial charge in [0.1, 0.15) is 6.61 Å². The molecule has 0 atom stereocenters. The largest absolute Gasteiger partial charge is 0.486 e. The Balaban J connectivity index is 1.80. The van der Waals surface area contributed by atoms with Crippen LogP contribution in [-0.4, -0.2) is 28.1 Å². The third kappa shape index (κ3) is 2.86. The molecule has 3 aromatic heterocycles. The lowest BCUT2D eigenvalue weighted by Crippen LogP contribution is -2.20. The number of hydrogen-bond acceptors (Lipinski definition) is 6. The maximum Gasteiger partial charge on any atom is 0.185 e. The van der Waals surface area contributed by atoms with Crippen molar-refractivity contribution in [3.63, 3.8) is 0 Å². The summed E-state index contributed by atoms with van der Waals surface area (Å²) in [6, 6.07) is 11.7. The van der Waals surface area contributed by atoms with E-state index in [9.17, 15) is 0 Å². The molecule has 4 heterocycles. The molecule has 6 heteroatoms. The van der Waals surface area contributed by atoms with Gasteiger partial charge in [0.05, 0.1) is 23.6 Å². The Hall–Kier alpha value is -3.15. The van der Waals surface area contributed by atoms with Crippen molar-refractivity contribution in [2.45, 2.75) is 6.92 Å². The number of nitrogens with zero attached hydrogens (tertiary/aromatic N) is 3. The predicted molar refractivity (Wildman–Crippen MR) is 93.7 cm³/mol. The van der Waals surface area contributed by atoms with Gasteiger partial charge < -0.3 is 15.4 Å². The van der Waals surface area contributed by atoms with Crippen molar-refractivity contribution >= 4 is 17.2 Å². The monoisotopic (exact) mass is 319 g/mol. The van der Waals surface area contributed by atoms with Gasteiger partial charge in [-0.25, -0.2) is 4.98 Å². The summed E-state index contributed by atoms with van der Waals surface area (Å²) in [4.78, 5) is 13.3. The fourth-order valence-corrected chi connectivity index (χ4v) is 2.62. The Morgan fingerprint density at radius 2 is 1.96 bits per heavy atom. The number of pyridine rings is 3. The van der Waals surface area contributed by atoms with Crippen LogP contribution in [0.3, 0.4) is 0 Å². The van der Waals surface area contributed by atoms with Gasteiger partial charge in [-0.2, -0.15) is 0 Å². The number of fused-ring (bicyclic) bond motifs is 1. The molecule has 0 radical (unpaired) electrons. The Bertz CT molecular complexity index is 867. The molecule has 6 nitrogen and oxygen atoms in total. The first-order valence-corrected chi connectivity index (χ1v) is 7.82. The summed E-state index contributed by atoms with van der Waals surface area (Å²) < 4.78 is 5.82. The van der Waals surface area contributed by atoms with Crippen LogP contribution >= 0.6 is 0 Å². The number of aromatic nitrogens is 3. The third-order valence-electron chi connectivity index (χ3n) is 3.72.